The zero-order valence-corrected chi connectivity index (χ0v) is 35.9. The summed E-state index contributed by atoms with van der Waals surface area (Å²) in [5, 5.41) is 0. The van der Waals surface area contributed by atoms with E-state index in [-0.39, 0.29) is 17.9 Å². The van der Waals surface area contributed by atoms with Gasteiger partial charge in [0.1, 0.15) is 39.5 Å². The number of hydrogen-bond acceptors (Lipinski definition) is 6. The van der Waals surface area contributed by atoms with Gasteiger partial charge in [-0.3, -0.25) is 14.4 Å². The predicted molar refractivity (Wildman–Crippen MR) is 227 cm³/mol. The van der Waals surface area contributed by atoms with Gasteiger partial charge in [-0.1, -0.05) is 141 Å². The number of rotatable bonds is 40. The molecule has 7 nitrogen and oxygen atoms in total. The summed E-state index contributed by atoms with van der Waals surface area (Å²) >= 11 is 0. The summed E-state index contributed by atoms with van der Waals surface area (Å²) in [6, 6.07) is 0. The van der Waals surface area contributed by atoms with Crippen LogP contribution in [0.15, 0.2) is 36.5 Å². The van der Waals surface area contributed by atoms with Crippen LogP contribution < -0.4 is 0 Å². The Hall–Kier alpha value is -2.41. The molecule has 0 aromatic carbocycles. The predicted octanol–water partition coefficient (Wildman–Crippen LogP) is 12.7. The van der Waals surface area contributed by atoms with Gasteiger partial charge in [-0.2, -0.15) is 0 Å². The first-order valence-electron chi connectivity index (χ1n) is 22.6. The van der Waals surface area contributed by atoms with Gasteiger partial charge in [0.2, 0.25) is 0 Å². The molecule has 0 aromatic rings. The molecule has 0 saturated carbocycles. The van der Waals surface area contributed by atoms with Crippen molar-refractivity contribution in [3.05, 3.63) is 36.5 Å². The summed E-state index contributed by atoms with van der Waals surface area (Å²) < 4.78 is 17.4. The SMILES string of the molecule is CCC/C=C/CCCCCCCC(=O)OCC[N+](C)(CCOC(=O)CCCCCCC/C=C/CCC)CCOC(=O)CCCCCCC/C=C/CCCC. The molecule has 0 amide bonds. The number of carbonyl (C=O) groups is 3. The lowest BCUT2D eigenvalue weighted by Gasteiger charge is -2.34. The molecule has 54 heavy (non-hydrogen) atoms. The average molecular weight is 761 g/mol. The molecule has 0 fully saturated rings. The first-order chi connectivity index (χ1) is 26.4. The molecular formula is C47H86NO6+. The Labute approximate surface area is 333 Å². The van der Waals surface area contributed by atoms with Crippen molar-refractivity contribution in [3.8, 4) is 0 Å². The molecule has 7 heteroatoms. The van der Waals surface area contributed by atoms with Gasteiger partial charge in [0, 0.05) is 19.3 Å². The van der Waals surface area contributed by atoms with E-state index in [4.69, 9.17) is 14.2 Å². The third-order valence-corrected chi connectivity index (χ3v) is 10.1. The summed E-state index contributed by atoms with van der Waals surface area (Å²) in [6.45, 7) is 9.24. The molecule has 0 aliphatic heterocycles. The monoisotopic (exact) mass is 761 g/mol. The summed E-state index contributed by atoms with van der Waals surface area (Å²) in [4.78, 5) is 37.4. The number of allylic oxidation sites excluding steroid dienone is 6. The average Bonchev–Trinajstić information content (AvgIpc) is 3.15. The second-order valence-corrected chi connectivity index (χ2v) is 15.5. The minimum Gasteiger partial charge on any atom is -0.460 e. The number of hydrogen-bond donors (Lipinski definition) is 0. The summed E-state index contributed by atoms with van der Waals surface area (Å²) in [6.07, 6.45) is 43.3. The molecule has 0 aliphatic rings. The molecule has 0 unspecified atom stereocenters. The van der Waals surface area contributed by atoms with E-state index in [1.807, 2.05) is 0 Å². The quantitative estimate of drug-likeness (QED) is 0.0203. The van der Waals surface area contributed by atoms with Crippen LogP contribution in [0.2, 0.25) is 0 Å². The van der Waals surface area contributed by atoms with Crippen LogP contribution in [-0.4, -0.2) is 68.9 Å². The van der Waals surface area contributed by atoms with E-state index in [1.165, 1.54) is 70.6 Å². The lowest BCUT2D eigenvalue weighted by molar-refractivity contribution is -0.910. The maximum Gasteiger partial charge on any atom is 0.305 e. The van der Waals surface area contributed by atoms with Crippen LogP contribution in [-0.2, 0) is 28.6 Å². The number of quaternary nitrogens is 1. The number of unbranched alkanes of at least 4 members (excludes halogenated alkanes) is 19. The molecule has 0 radical (unpaired) electrons. The largest absolute Gasteiger partial charge is 0.460 e. The van der Waals surface area contributed by atoms with Crippen LogP contribution in [0.3, 0.4) is 0 Å². The molecule has 0 rings (SSSR count). The van der Waals surface area contributed by atoms with E-state index < -0.39 is 0 Å². The Bertz CT molecular complexity index is 910. The molecule has 314 valence electrons. The minimum atomic E-state index is -0.154. The summed E-state index contributed by atoms with van der Waals surface area (Å²) in [7, 11) is 2.06. The fraction of sp³-hybridized carbons (Fsp3) is 0.809. The van der Waals surface area contributed by atoms with Crippen molar-refractivity contribution in [2.75, 3.05) is 46.5 Å². The van der Waals surface area contributed by atoms with E-state index in [9.17, 15) is 14.4 Å². The minimum absolute atomic E-state index is 0.154. The Morgan fingerprint density at radius 3 is 0.963 bits per heavy atom. The van der Waals surface area contributed by atoms with Crippen LogP contribution in [0.1, 0.15) is 201 Å². The van der Waals surface area contributed by atoms with Gasteiger partial charge in [-0.05, 0) is 77.0 Å². The zero-order valence-electron chi connectivity index (χ0n) is 35.9. The number of ether oxygens (including phenoxy) is 3. The first kappa shape index (κ1) is 51.6. The number of carbonyl (C=O) groups excluding carboxylic acids is 3. The normalized spacial score (nSPS) is 12.0. The highest BCUT2D eigenvalue weighted by atomic mass is 16.5. The Morgan fingerprint density at radius 2 is 0.648 bits per heavy atom. The van der Waals surface area contributed by atoms with Gasteiger partial charge in [-0.15, -0.1) is 0 Å². The molecule has 0 aliphatic carbocycles. The standard InChI is InChI=1S/C47H86NO6/c1-5-8-11-14-17-20-23-26-29-32-35-38-47(51)54-44-41-48(4,39-42-52-45(49)36-33-30-27-24-21-18-15-12-9-6-2)40-43-53-46(50)37-34-31-28-25-22-19-16-13-10-7-3/h12-17H,5-11,18-44H2,1-4H3/q+1/b15-12+,16-13+,17-14+. The maximum atomic E-state index is 12.5. The van der Waals surface area contributed by atoms with Crippen molar-refractivity contribution in [1.29, 1.82) is 0 Å². The Balaban J connectivity index is 4.50. The zero-order chi connectivity index (χ0) is 39.6. The second kappa shape index (κ2) is 40.3. The van der Waals surface area contributed by atoms with Crippen LogP contribution in [0, 0.1) is 0 Å². The third-order valence-electron chi connectivity index (χ3n) is 10.1. The van der Waals surface area contributed by atoms with Gasteiger partial charge < -0.3 is 18.7 Å². The molecule has 0 spiro atoms. The van der Waals surface area contributed by atoms with Crippen molar-refractivity contribution in [2.24, 2.45) is 0 Å². The number of esters is 3. The topological polar surface area (TPSA) is 78.9 Å². The van der Waals surface area contributed by atoms with Crippen molar-refractivity contribution < 1.29 is 33.1 Å². The van der Waals surface area contributed by atoms with E-state index in [0.717, 1.165) is 89.9 Å². The highest BCUT2D eigenvalue weighted by Crippen LogP contribution is 2.12. The smallest absolute Gasteiger partial charge is 0.305 e. The molecule has 0 N–H and O–H groups in total. The van der Waals surface area contributed by atoms with E-state index >= 15 is 0 Å². The van der Waals surface area contributed by atoms with Gasteiger partial charge in [0.05, 0.1) is 7.05 Å². The molecule has 0 saturated heterocycles. The van der Waals surface area contributed by atoms with Crippen molar-refractivity contribution in [1.82, 2.24) is 0 Å². The van der Waals surface area contributed by atoms with E-state index in [0.29, 0.717) is 63.2 Å². The highest BCUT2D eigenvalue weighted by Gasteiger charge is 2.24. The number of likely N-dealkylation sites (N-methyl/N-ethyl adjacent to an activating group) is 1. The Morgan fingerprint density at radius 1 is 0.370 bits per heavy atom. The number of nitrogens with zero attached hydrogens (tertiary/aromatic N) is 1. The van der Waals surface area contributed by atoms with Crippen LogP contribution in [0.25, 0.3) is 0 Å². The van der Waals surface area contributed by atoms with Crippen molar-refractivity contribution in [3.63, 3.8) is 0 Å². The molecule has 0 heterocycles. The third kappa shape index (κ3) is 37.9. The summed E-state index contributed by atoms with van der Waals surface area (Å²) in [5.74, 6) is -0.462. The lowest BCUT2D eigenvalue weighted by Crippen LogP contribution is -2.51. The Kier molecular flexibility index (Phi) is 38.5. The highest BCUT2D eigenvalue weighted by molar-refractivity contribution is 5.69. The van der Waals surface area contributed by atoms with Crippen molar-refractivity contribution in [2.45, 2.75) is 201 Å². The fourth-order valence-electron chi connectivity index (χ4n) is 6.24. The van der Waals surface area contributed by atoms with Gasteiger partial charge in [0.25, 0.3) is 0 Å². The first-order valence-corrected chi connectivity index (χ1v) is 22.6. The lowest BCUT2D eigenvalue weighted by atomic mass is 10.1. The maximum absolute atomic E-state index is 12.5. The van der Waals surface area contributed by atoms with E-state index in [1.54, 1.807) is 0 Å². The molecule has 0 aromatic heterocycles. The summed E-state index contributed by atoms with van der Waals surface area (Å²) in [5.41, 5.74) is 0. The van der Waals surface area contributed by atoms with Gasteiger partial charge >= 0.3 is 17.9 Å². The fourth-order valence-corrected chi connectivity index (χ4v) is 6.24. The molecular weight excluding hydrogens is 675 g/mol. The van der Waals surface area contributed by atoms with Gasteiger partial charge in [0.15, 0.2) is 0 Å². The van der Waals surface area contributed by atoms with Crippen LogP contribution >= 0.6 is 0 Å². The van der Waals surface area contributed by atoms with Crippen LogP contribution in [0.5, 0.6) is 0 Å². The molecule has 0 bridgehead atoms. The second-order valence-electron chi connectivity index (χ2n) is 15.5. The van der Waals surface area contributed by atoms with Crippen LogP contribution in [0.4, 0.5) is 0 Å². The van der Waals surface area contributed by atoms with Crippen molar-refractivity contribution >= 4 is 17.9 Å². The molecule has 0 atom stereocenters. The van der Waals surface area contributed by atoms with E-state index in [2.05, 4.69) is 64.3 Å². The van der Waals surface area contributed by atoms with Gasteiger partial charge in [-0.25, -0.2) is 0 Å².